The molecular formula is C18H17NO3S. The van der Waals surface area contributed by atoms with Gasteiger partial charge in [0.25, 0.3) is 0 Å². The van der Waals surface area contributed by atoms with Crippen molar-refractivity contribution in [3.05, 3.63) is 65.7 Å². The van der Waals surface area contributed by atoms with Gasteiger partial charge in [0.1, 0.15) is 5.37 Å². The minimum absolute atomic E-state index is 0.0531. The zero-order chi connectivity index (χ0) is 16.4. The van der Waals surface area contributed by atoms with E-state index in [1.54, 1.807) is 40.9 Å². The molecule has 23 heavy (non-hydrogen) atoms. The summed E-state index contributed by atoms with van der Waals surface area (Å²) in [7, 11) is 1.35. The van der Waals surface area contributed by atoms with Gasteiger partial charge < -0.3 is 4.74 Å². The van der Waals surface area contributed by atoms with Gasteiger partial charge in [0.2, 0.25) is 5.91 Å². The number of rotatable bonds is 3. The van der Waals surface area contributed by atoms with Crippen molar-refractivity contribution in [1.82, 2.24) is 0 Å². The summed E-state index contributed by atoms with van der Waals surface area (Å²) < 4.78 is 4.71. The Morgan fingerprint density at radius 3 is 2.35 bits per heavy atom. The molecule has 2 atom stereocenters. The summed E-state index contributed by atoms with van der Waals surface area (Å²) in [4.78, 5) is 25.9. The number of hydrogen-bond donors (Lipinski definition) is 0. The molecule has 2 aromatic carbocycles. The Bertz CT molecular complexity index is 715. The number of anilines is 1. The first-order valence-electron chi connectivity index (χ1n) is 7.33. The van der Waals surface area contributed by atoms with Gasteiger partial charge in [-0.05, 0) is 36.8 Å². The highest BCUT2D eigenvalue weighted by Gasteiger charge is 2.39. The summed E-state index contributed by atoms with van der Waals surface area (Å²) in [5.74, 6) is -0.304. The second-order valence-corrected chi connectivity index (χ2v) is 6.71. The number of ether oxygens (including phenoxy) is 1. The van der Waals surface area contributed by atoms with Crippen LogP contribution in [0.1, 0.15) is 28.2 Å². The van der Waals surface area contributed by atoms with Crippen LogP contribution in [0.4, 0.5) is 5.69 Å². The van der Waals surface area contributed by atoms with Crippen molar-refractivity contribution in [1.29, 1.82) is 0 Å². The van der Waals surface area contributed by atoms with E-state index in [9.17, 15) is 9.59 Å². The highest BCUT2D eigenvalue weighted by Crippen LogP contribution is 2.45. The molecule has 1 fully saturated rings. The van der Waals surface area contributed by atoms with Crippen LogP contribution in [0, 0.1) is 0 Å². The van der Waals surface area contributed by atoms with E-state index in [1.807, 2.05) is 37.3 Å². The molecular weight excluding hydrogens is 310 g/mol. The lowest BCUT2D eigenvalue weighted by Crippen LogP contribution is -2.30. The molecule has 5 heteroatoms. The lowest BCUT2D eigenvalue weighted by Gasteiger charge is -2.24. The van der Waals surface area contributed by atoms with Gasteiger partial charge in [-0.3, -0.25) is 9.69 Å². The molecule has 0 bridgehead atoms. The van der Waals surface area contributed by atoms with Crippen LogP contribution >= 0.6 is 11.8 Å². The van der Waals surface area contributed by atoms with Crippen LogP contribution < -0.4 is 4.90 Å². The van der Waals surface area contributed by atoms with Crippen LogP contribution in [0.3, 0.4) is 0 Å². The molecule has 4 nitrogen and oxygen atoms in total. The van der Waals surface area contributed by atoms with Gasteiger partial charge in [0, 0.05) is 5.69 Å². The lowest BCUT2D eigenvalue weighted by atomic mass is 10.1. The van der Waals surface area contributed by atoms with Gasteiger partial charge in [-0.2, -0.15) is 0 Å². The number of benzene rings is 2. The molecule has 1 aliphatic rings. The molecule has 1 saturated heterocycles. The summed E-state index contributed by atoms with van der Waals surface area (Å²) in [5, 5.41) is -0.150. The fourth-order valence-electron chi connectivity index (χ4n) is 2.61. The zero-order valence-corrected chi connectivity index (χ0v) is 13.7. The number of amides is 1. The quantitative estimate of drug-likeness (QED) is 0.808. The monoisotopic (exact) mass is 327 g/mol. The van der Waals surface area contributed by atoms with E-state index in [-0.39, 0.29) is 22.5 Å². The van der Waals surface area contributed by atoms with Crippen molar-refractivity contribution in [2.45, 2.75) is 17.5 Å². The predicted octanol–water partition coefficient (Wildman–Crippen LogP) is 3.64. The maximum Gasteiger partial charge on any atom is 0.337 e. The van der Waals surface area contributed by atoms with Crippen molar-refractivity contribution < 1.29 is 14.3 Å². The first kappa shape index (κ1) is 15.6. The highest BCUT2D eigenvalue weighted by atomic mass is 32.2. The average Bonchev–Trinajstić information content (AvgIpc) is 2.90. The Morgan fingerprint density at radius 2 is 1.74 bits per heavy atom. The Hall–Kier alpha value is -2.27. The third-order valence-electron chi connectivity index (χ3n) is 3.80. The van der Waals surface area contributed by atoms with Gasteiger partial charge >= 0.3 is 5.97 Å². The van der Waals surface area contributed by atoms with Gasteiger partial charge in [-0.25, -0.2) is 4.79 Å². The van der Waals surface area contributed by atoms with Crippen molar-refractivity contribution >= 4 is 29.3 Å². The molecule has 0 saturated carbocycles. The van der Waals surface area contributed by atoms with E-state index < -0.39 is 0 Å². The fourth-order valence-corrected chi connectivity index (χ4v) is 3.89. The van der Waals surface area contributed by atoms with Gasteiger partial charge in [0.05, 0.1) is 17.9 Å². The number of thioether (sulfide) groups is 1. The molecule has 0 aliphatic carbocycles. The van der Waals surface area contributed by atoms with Gasteiger partial charge in [-0.15, -0.1) is 11.8 Å². The molecule has 2 aromatic rings. The number of esters is 1. The minimum Gasteiger partial charge on any atom is -0.465 e. The van der Waals surface area contributed by atoms with E-state index in [0.717, 1.165) is 11.3 Å². The van der Waals surface area contributed by atoms with Crippen molar-refractivity contribution in [2.75, 3.05) is 12.0 Å². The first-order chi connectivity index (χ1) is 11.1. The van der Waals surface area contributed by atoms with E-state index in [2.05, 4.69) is 0 Å². The Kier molecular flexibility index (Phi) is 4.39. The third kappa shape index (κ3) is 2.97. The van der Waals surface area contributed by atoms with Crippen molar-refractivity contribution in [2.24, 2.45) is 0 Å². The van der Waals surface area contributed by atoms with Crippen LogP contribution in [0.5, 0.6) is 0 Å². The molecule has 0 unspecified atom stereocenters. The lowest BCUT2D eigenvalue weighted by molar-refractivity contribution is -0.117. The number of carbonyl (C=O) groups excluding carboxylic acids is 2. The summed E-state index contributed by atoms with van der Waals surface area (Å²) in [5.41, 5.74) is 2.35. The number of carbonyl (C=O) groups is 2. The Morgan fingerprint density at radius 1 is 1.09 bits per heavy atom. The molecule has 0 radical (unpaired) electrons. The molecule has 0 spiro atoms. The standard InChI is InChI=1S/C18H17NO3S/c1-12-16(20)19(17(23-12)13-6-4-3-5-7-13)15-10-8-14(9-11-15)18(21)22-2/h3-12,17H,1-2H3/t12-,17+/m0/s1. The zero-order valence-electron chi connectivity index (χ0n) is 12.9. The highest BCUT2D eigenvalue weighted by molar-refractivity contribution is 8.01. The van der Waals surface area contributed by atoms with Crippen LogP contribution in [-0.2, 0) is 9.53 Å². The Balaban J connectivity index is 1.95. The molecule has 1 heterocycles. The summed E-state index contributed by atoms with van der Waals surface area (Å²) in [6, 6.07) is 16.9. The summed E-state index contributed by atoms with van der Waals surface area (Å²) in [6.45, 7) is 1.92. The number of hydrogen-bond acceptors (Lipinski definition) is 4. The van der Waals surface area contributed by atoms with Gasteiger partial charge in [0.15, 0.2) is 0 Å². The smallest absolute Gasteiger partial charge is 0.337 e. The largest absolute Gasteiger partial charge is 0.465 e. The van der Waals surface area contributed by atoms with Crippen LogP contribution in [-0.4, -0.2) is 24.2 Å². The minimum atomic E-state index is -0.383. The molecule has 3 rings (SSSR count). The van der Waals surface area contributed by atoms with Gasteiger partial charge in [-0.1, -0.05) is 30.3 Å². The van der Waals surface area contributed by atoms with Crippen LogP contribution in [0.15, 0.2) is 54.6 Å². The fraction of sp³-hybridized carbons (Fsp3) is 0.222. The van der Waals surface area contributed by atoms with Crippen LogP contribution in [0.2, 0.25) is 0 Å². The molecule has 1 aliphatic heterocycles. The van der Waals surface area contributed by atoms with Crippen LogP contribution in [0.25, 0.3) is 0 Å². The molecule has 1 amide bonds. The normalized spacial score (nSPS) is 20.6. The van der Waals surface area contributed by atoms with Crippen molar-refractivity contribution in [3.8, 4) is 0 Å². The Labute approximate surface area is 139 Å². The van der Waals surface area contributed by atoms with Crippen molar-refractivity contribution in [3.63, 3.8) is 0 Å². The molecule has 118 valence electrons. The summed E-state index contributed by atoms with van der Waals surface area (Å²) >= 11 is 1.63. The molecule has 0 aromatic heterocycles. The third-order valence-corrected chi connectivity index (χ3v) is 5.15. The number of methoxy groups -OCH3 is 1. The maximum absolute atomic E-state index is 12.6. The second-order valence-electron chi connectivity index (χ2n) is 5.29. The SMILES string of the molecule is COC(=O)c1ccc(N2C(=O)[C@H](C)S[C@@H]2c2ccccc2)cc1. The van der Waals surface area contributed by atoms with E-state index >= 15 is 0 Å². The van der Waals surface area contributed by atoms with E-state index in [4.69, 9.17) is 4.74 Å². The van der Waals surface area contributed by atoms with E-state index in [0.29, 0.717) is 5.56 Å². The molecule has 0 N–H and O–H groups in total. The maximum atomic E-state index is 12.6. The second kappa shape index (κ2) is 6.46. The average molecular weight is 327 g/mol. The number of nitrogens with zero attached hydrogens (tertiary/aromatic N) is 1. The predicted molar refractivity (Wildman–Crippen MR) is 91.5 cm³/mol. The first-order valence-corrected chi connectivity index (χ1v) is 8.28. The topological polar surface area (TPSA) is 46.6 Å². The summed E-state index contributed by atoms with van der Waals surface area (Å²) in [6.07, 6.45) is 0. The van der Waals surface area contributed by atoms with E-state index in [1.165, 1.54) is 7.11 Å².